The summed E-state index contributed by atoms with van der Waals surface area (Å²) in [6, 6.07) is 18.3. The van der Waals surface area contributed by atoms with Crippen LogP contribution in [0.5, 0.6) is 11.5 Å². The van der Waals surface area contributed by atoms with Gasteiger partial charge in [0.25, 0.3) is 10.0 Å². The average Bonchev–Trinajstić information content (AvgIpc) is 2.78. The SMILES string of the molecule is COc1ccccc1N(CC(=O)Nc1ccc(OC(F)(F)F)cc1)S(=O)(=O)c1ccccc1. The summed E-state index contributed by atoms with van der Waals surface area (Å²) in [6.45, 7) is -0.613. The van der Waals surface area contributed by atoms with Crippen LogP contribution in [0.1, 0.15) is 0 Å². The van der Waals surface area contributed by atoms with Gasteiger partial charge in [-0.2, -0.15) is 0 Å². The quantitative estimate of drug-likeness (QED) is 0.516. The molecule has 3 aromatic carbocycles. The van der Waals surface area contributed by atoms with Crippen molar-refractivity contribution >= 4 is 27.3 Å². The summed E-state index contributed by atoms with van der Waals surface area (Å²) in [7, 11) is -2.78. The van der Waals surface area contributed by atoms with E-state index in [0.717, 1.165) is 16.4 Å². The zero-order valence-electron chi connectivity index (χ0n) is 17.2. The van der Waals surface area contributed by atoms with E-state index in [-0.39, 0.29) is 22.0 Å². The highest BCUT2D eigenvalue weighted by molar-refractivity contribution is 7.92. The van der Waals surface area contributed by atoms with Crippen molar-refractivity contribution in [3.63, 3.8) is 0 Å². The van der Waals surface area contributed by atoms with Crippen molar-refractivity contribution in [2.75, 3.05) is 23.3 Å². The minimum atomic E-state index is -4.84. The van der Waals surface area contributed by atoms with Crippen molar-refractivity contribution in [1.82, 2.24) is 0 Å². The lowest BCUT2D eigenvalue weighted by molar-refractivity contribution is -0.274. The summed E-state index contributed by atoms with van der Waals surface area (Å²) in [5.74, 6) is -0.939. The number of carbonyl (C=O) groups excluding carboxylic acids is 1. The Bertz CT molecular complexity index is 1200. The first-order valence-corrected chi connectivity index (χ1v) is 10.9. The largest absolute Gasteiger partial charge is 0.573 e. The van der Waals surface area contributed by atoms with Crippen molar-refractivity contribution in [2.45, 2.75) is 11.3 Å². The predicted molar refractivity (Wildman–Crippen MR) is 116 cm³/mol. The summed E-state index contributed by atoms with van der Waals surface area (Å²) in [5.41, 5.74) is 0.305. The summed E-state index contributed by atoms with van der Waals surface area (Å²) in [6.07, 6.45) is -4.84. The van der Waals surface area contributed by atoms with Crippen LogP contribution in [0.4, 0.5) is 24.5 Å². The highest BCUT2D eigenvalue weighted by Crippen LogP contribution is 2.32. The van der Waals surface area contributed by atoms with Gasteiger partial charge in [0.2, 0.25) is 5.91 Å². The Hall–Kier alpha value is -3.73. The second-order valence-electron chi connectivity index (χ2n) is 6.62. The van der Waals surface area contributed by atoms with Crippen molar-refractivity contribution in [2.24, 2.45) is 0 Å². The Morgan fingerprint density at radius 1 is 0.939 bits per heavy atom. The van der Waals surface area contributed by atoms with Crippen LogP contribution in [-0.4, -0.2) is 34.3 Å². The third kappa shape index (κ3) is 6.16. The van der Waals surface area contributed by atoms with Crippen molar-refractivity contribution in [1.29, 1.82) is 0 Å². The number of hydrogen-bond acceptors (Lipinski definition) is 5. The standard InChI is InChI=1S/C22H19F3N2O5S/c1-31-20-10-6-5-9-19(20)27(33(29,30)18-7-3-2-4-8-18)15-21(28)26-16-11-13-17(14-12-16)32-22(23,24)25/h2-14H,15H2,1H3,(H,26,28). The second-order valence-corrected chi connectivity index (χ2v) is 8.48. The normalized spacial score (nSPS) is 11.5. The lowest BCUT2D eigenvalue weighted by Gasteiger charge is -2.25. The van der Waals surface area contributed by atoms with Gasteiger partial charge in [0.15, 0.2) is 0 Å². The molecule has 174 valence electrons. The van der Waals surface area contributed by atoms with Crippen LogP contribution in [0.3, 0.4) is 0 Å². The van der Waals surface area contributed by atoms with Gasteiger partial charge >= 0.3 is 6.36 Å². The molecule has 33 heavy (non-hydrogen) atoms. The third-order valence-electron chi connectivity index (χ3n) is 4.34. The molecule has 0 atom stereocenters. The number of hydrogen-bond donors (Lipinski definition) is 1. The Morgan fingerprint density at radius 3 is 2.15 bits per heavy atom. The Balaban J connectivity index is 1.87. The molecule has 7 nitrogen and oxygen atoms in total. The summed E-state index contributed by atoms with van der Waals surface area (Å²) in [5, 5.41) is 2.47. The maximum Gasteiger partial charge on any atom is 0.573 e. The van der Waals surface area contributed by atoms with Crippen LogP contribution in [0.2, 0.25) is 0 Å². The molecule has 0 heterocycles. The fourth-order valence-electron chi connectivity index (χ4n) is 2.93. The topological polar surface area (TPSA) is 84.9 Å². The van der Waals surface area contributed by atoms with Crippen LogP contribution in [0.25, 0.3) is 0 Å². The van der Waals surface area contributed by atoms with Gasteiger partial charge in [0.1, 0.15) is 18.0 Å². The molecule has 0 radical (unpaired) electrons. The maximum atomic E-state index is 13.3. The van der Waals surface area contributed by atoms with Crippen LogP contribution >= 0.6 is 0 Å². The minimum absolute atomic E-state index is 0.0302. The second kappa shape index (κ2) is 9.82. The van der Waals surface area contributed by atoms with Crippen molar-refractivity contribution in [3.8, 4) is 11.5 Å². The van der Waals surface area contributed by atoms with Crippen LogP contribution in [0, 0.1) is 0 Å². The zero-order valence-corrected chi connectivity index (χ0v) is 18.1. The molecule has 11 heteroatoms. The smallest absolute Gasteiger partial charge is 0.495 e. The molecule has 0 bridgehead atoms. The van der Waals surface area contributed by atoms with Crippen LogP contribution in [0.15, 0.2) is 83.8 Å². The molecule has 0 saturated heterocycles. The van der Waals surface area contributed by atoms with E-state index in [0.29, 0.717) is 0 Å². The first-order valence-electron chi connectivity index (χ1n) is 9.46. The van der Waals surface area contributed by atoms with E-state index < -0.39 is 34.6 Å². The number of amides is 1. The Kier molecular flexibility index (Phi) is 7.12. The molecule has 0 aliphatic rings. The van der Waals surface area contributed by atoms with E-state index in [1.54, 1.807) is 36.4 Å². The van der Waals surface area contributed by atoms with Gasteiger partial charge in [-0.25, -0.2) is 8.42 Å². The maximum absolute atomic E-state index is 13.3. The molecule has 0 fully saturated rings. The number of para-hydroxylation sites is 2. The molecule has 1 N–H and O–H groups in total. The van der Waals surface area contributed by atoms with Gasteiger partial charge in [0, 0.05) is 5.69 Å². The van der Waals surface area contributed by atoms with Gasteiger partial charge < -0.3 is 14.8 Å². The van der Waals surface area contributed by atoms with Crippen molar-refractivity contribution in [3.05, 3.63) is 78.9 Å². The monoisotopic (exact) mass is 480 g/mol. The van der Waals surface area contributed by atoms with E-state index in [1.165, 1.54) is 37.4 Å². The molecular formula is C22H19F3N2O5S. The molecule has 3 rings (SSSR count). The number of carbonyl (C=O) groups is 1. The summed E-state index contributed by atoms with van der Waals surface area (Å²) < 4.78 is 73.5. The first kappa shape index (κ1) is 23.9. The van der Waals surface area contributed by atoms with E-state index in [9.17, 15) is 26.4 Å². The average molecular weight is 480 g/mol. The van der Waals surface area contributed by atoms with E-state index in [1.807, 2.05) is 0 Å². The highest BCUT2D eigenvalue weighted by atomic mass is 32.2. The molecule has 0 spiro atoms. The molecule has 0 aromatic heterocycles. The van der Waals surface area contributed by atoms with Gasteiger partial charge in [-0.15, -0.1) is 13.2 Å². The number of methoxy groups -OCH3 is 1. The van der Waals surface area contributed by atoms with Gasteiger partial charge in [0.05, 0.1) is 17.7 Å². The number of ether oxygens (including phenoxy) is 2. The van der Waals surface area contributed by atoms with Crippen LogP contribution < -0.4 is 19.1 Å². The Morgan fingerprint density at radius 2 is 1.55 bits per heavy atom. The molecule has 0 saturated carbocycles. The number of sulfonamides is 1. The number of alkyl halides is 3. The lowest BCUT2D eigenvalue weighted by Crippen LogP contribution is -2.38. The molecular weight excluding hydrogens is 461 g/mol. The minimum Gasteiger partial charge on any atom is -0.495 e. The Labute approximate surface area is 188 Å². The molecule has 0 unspecified atom stereocenters. The summed E-state index contributed by atoms with van der Waals surface area (Å²) >= 11 is 0. The number of nitrogens with one attached hydrogen (secondary N) is 1. The van der Waals surface area contributed by atoms with Crippen molar-refractivity contribution < 1.29 is 35.9 Å². The number of nitrogens with zero attached hydrogens (tertiary/aromatic N) is 1. The highest BCUT2D eigenvalue weighted by Gasteiger charge is 2.31. The zero-order chi connectivity index (χ0) is 24.1. The number of rotatable bonds is 8. The lowest BCUT2D eigenvalue weighted by atomic mass is 10.3. The number of anilines is 2. The fraction of sp³-hybridized carbons (Fsp3) is 0.136. The van der Waals surface area contributed by atoms with Gasteiger partial charge in [-0.1, -0.05) is 30.3 Å². The van der Waals surface area contributed by atoms with Crippen LogP contribution in [-0.2, 0) is 14.8 Å². The first-order chi connectivity index (χ1) is 15.6. The third-order valence-corrected chi connectivity index (χ3v) is 6.12. The molecule has 0 aliphatic carbocycles. The van der Waals surface area contributed by atoms with E-state index >= 15 is 0 Å². The number of benzene rings is 3. The molecule has 0 aliphatic heterocycles. The fourth-order valence-corrected chi connectivity index (χ4v) is 4.38. The van der Waals surface area contributed by atoms with Gasteiger partial charge in [-0.05, 0) is 48.5 Å². The number of halogens is 3. The van der Waals surface area contributed by atoms with E-state index in [4.69, 9.17) is 4.74 Å². The van der Waals surface area contributed by atoms with Gasteiger partial charge in [-0.3, -0.25) is 9.10 Å². The molecule has 3 aromatic rings. The van der Waals surface area contributed by atoms with E-state index in [2.05, 4.69) is 10.1 Å². The molecule has 1 amide bonds. The summed E-state index contributed by atoms with van der Waals surface area (Å²) in [4.78, 5) is 12.7. The predicted octanol–water partition coefficient (Wildman–Crippen LogP) is 4.43.